The highest BCUT2D eigenvalue weighted by Crippen LogP contribution is 2.23. The molecule has 0 aliphatic heterocycles. The minimum Gasteiger partial charge on any atom is -0.314 e. The fourth-order valence-electron chi connectivity index (χ4n) is 1.74. The quantitative estimate of drug-likeness (QED) is 0.573. The third kappa shape index (κ3) is 1.96. The molecule has 1 aromatic carbocycles. The van der Waals surface area contributed by atoms with Crippen LogP contribution < -0.4 is 5.84 Å². The minimum absolute atomic E-state index is 1.07. The van der Waals surface area contributed by atoms with Gasteiger partial charge >= 0.3 is 0 Å². The van der Waals surface area contributed by atoms with E-state index in [1.807, 2.05) is 20.0 Å². The van der Waals surface area contributed by atoms with Crippen molar-refractivity contribution in [3.05, 3.63) is 41.0 Å². The van der Waals surface area contributed by atoms with Crippen molar-refractivity contribution < 1.29 is 0 Å². The van der Waals surface area contributed by atoms with E-state index in [9.17, 15) is 0 Å². The molecule has 2 nitrogen and oxygen atoms in total. The number of benzene rings is 1. The van der Waals surface area contributed by atoms with E-state index in [2.05, 4.69) is 32.0 Å². The molecule has 0 radical (unpaired) electrons. The average molecular weight is 190 g/mol. The van der Waals surface area contributed by atoms with Gasteiger partial charge in [0.25, 0.3) is 0 Å². The minimum atomic E-state index is 1.07. The average Bonchev–Trinajstić information content (AvgIpc) is 2.10. The number of aryl methyl sites for hydroxylation is 2. The molecule has 76 valence electrons. The summed E-state index contributed by atoms with van der Waals surface area (Å²) in [7, 11) is 1.86. The lowest BCUT2D eigenvalue weighted by atomic mass is 9.99. The summed E-state index contributed by atoms with van der Waals surface area (Å²) in [6.07, 6.45) is 2.04. The van der Waals surface area contributed by atoms with Crippen LogP contribution in [-0.2, 0) is 0 Å². The first-order valence-corrected chi connectivity index (χ1v) is 4.79. The Bertz CT molecular complexity index is 331. The van der Waals surface area contributed by atoms with E-state index in [0.717, 1.165) is 5.70 Å². The Morgan fingerprint density at radius 2 is 1.79 bits per heavy atom. The van der Waals surface area contributed by atoms with Gasteiger partial charge in [-0.15, -0.1) is 0 Å². The van der Waals surface area contributed by atoms with Crippen molar-refractivity contribution in [2.45, 2.75) is 20.8 Å². The molecular weight excluding hydrogens is 172 g/mol. The highest BCUT2D eigenvalue weighted by atomic mass is 15.4. The largest absolute Gasteiger partial charge is 0.314 e. The maximum atomic E-state index is 5.78. The lowest BCUT2D eigenvalue weighted by Crippen LogP contribution is -2.24. The molecule has 0 aromatic heterocycles. The van der Waals surface area contributed by atoms with Crippen LogP contribution >= 0.6 is 0 Å². The first-order chi connectivity index (χ1) is 6.57. The normalized spacial score (nSPS) is 11.6. The van der Waals surface area contributed by atoms with Gasteiger partial charge in [-0.1, -0.05) is 24.3 Å². The van der Waals surface area contributed by atoms with Crippen molar-refractivity contribution in [2.24, 2.45) is 5.84 Å². The molecule has 1 aromatic rings. The zero-order chi connectivity index (χ0) is 10.7. The first kappa shape index (κ1) is 10.8. The van der Waals surface area contributed by atoms with Crippen molar-refractivity contribution in [3.8, 4) is 0 Å². The summed E-state index contributed by atoms with van der Waals surface area (Å²) in [6, 6.07) is 6.28. The number of allylic oxidation sites excluding steroid dienone is 1. The molecule has 0 saturated carbocycles. The van der Waals surface area contributed by atoms with Gasteiger partial charge in [-0.3, -0.25) is 0 Å². The summed E-state index contributed by atoms with van der Waals surface area (Å²) in [5, 5.41) is 1.66. The van der Waals surface area contributed by atoms with Gasteiger partial charge in [0, 0.05) is 12.6 Å². The van der Waals surface area contributed by atoms with Gasteiger partial charge in [-0.05, 0) is 31.9 Å². The van der Waals surface area contributed by atoms with Crippen LogP contribution in [0.15, 0.2) is 24.3 Å². The maximum absolute atomic E-state index is 5.78. The van der Waals surface area contributed by atoms with E-state index in [4.69, 9.17) is 5.84 Å². The Labute approximate surface area is 86.0 Å². The number of hydrogen-bond acceptors (Lipinski definition) is 2. The molecule has 1 rings (SSSR count). The summed E-state index contributed by atoms with van der Waals surface area (Å²) < 4.78 is 0. The molecule has 0 amide bonds. The topological polar surface area (TPSA) is 29.3 Å². The van der Waals surface area contributed by atoms with Crippen molar-refractivity contribution in [2.75, 3.05) is 7.05 Å². The van der Waals surface area contributed by atoms with Crippen LogP contribution in [0.1, 0.15) is 23.6 Å². The summed E-state index contributed by atoms with van der Waals surface area (Å²) in [5.74, 6) is 5.78. The van der Waals surface area contributed by atoms with Gasteiger partial charge in [0.05, 0.1) is 5.70 Å². The number of rotatable bonds is 2. The number of hydrazine groups is 1. The van der Waals surface area contributed by atoms with Gasteiger partial charge in [0.1, 0.15) is 0 Å². The van der Waals surface area contributed by atoms with Crippen molar-refractivity contribution in [3.63, 3.8) is 0 Å². The summed E-state index contributed by atoms with van der Waals surface area (Å²) in [4.78, 5) is 0. The molecule has 0 fully saturated rings. The Hall–Kier alpha value is -1.28. The first-order valence-electron chi connectivity index (χ1n) is 4.79. The van der Waals surface area contributed by atoms with Crippen molar-refractivity contribution in [1.82, 2.24) is 5.01 Å². The van der Waals surface area contributed by atoms with Crippen LogP contribution in [0.2, 0.25) is 0 Å². The lowest BCUT2D eigenvalue weighted by Gasteiger charge is -2.20. The van der Waals surface area contributed by atoms with Crippen LogP contribution in [0.5, 0.6) is 0 Å². The molecule has 0 spiro atoms. The Morgan fingerprint density at radius 1 is 1.29 bits per heavy atom. The highest BCUT2D eigenvalue weighted by molar-refractivity contribution is 5.68. The molecule has 0 unspecified atom stereocenters. The predicted octanol–water partition coefficient (Wildman–Crippen LogP) is 2.47. The fraction of sp³-hybridized carbons (Fsp3) is 0.333. The Kier molecular flexibility index (Phi) is 3.31. The van der Waals surface area contributed by atoms with Crippen LogP contribution in [0.4, 0.5) is 0 Å². The van der Waals surface area contributed by atoms with Crippen LogP contribution in [0.25, 0.3) is 5.70 Å². The predicted molar refractivity (Wildman–Crippen MR) is 61.5 cm³/mol. The number of nitrogens with two attached hydrogens (primary N) is 1. The molecule has 14 heavy (non-hydrogen) atoms. The summed E-state index contributed by atoms with van der Waals surface area (Å²) in [6.45, 7) is 6.22. The molecule has 0 atom stereocenters. The third-order valence-electron chi connectivity index (χ3n) is 2.39. The zero-order valence-electron chi connectivity index (χ0n) is 9.33. The van der Waals surface area contributed by atoms with Gasteiger partial charge < -0.3 is 5.01 Å². The maximum Gasteiger partial charge on any atom is 0.0548 e. The standard InChI is InChI=1S/C12H18N2/c1-5-11(14(4)13)12-9(2)7-6-8-10(12)3/h5-8H,13H2,1-4H3/b11-5-. The van der Waals surface area contributed by atoms with E-state index in [1.54, 1.807) is 5.01 Å². The Balaban J connectivity index is 3.30. The molecule has 2 N–H and O–H groups in total. The molecule has 2 heteroatoms. The van der Waals surface area contributed by atoms with Crippen molar-refractivity contribution in [1.29, 1.82) is 0 Å². The number of nitrogens with zero attached hydrogens (tertiary/aromatic N) is 1. The van der Waals surface area contributed by atoms with Crippen LogP contribution in [0, 0.1) is 13.8 Å². The summed E-state index contributed by atoms with van der Waals surface area (Å²) >= 11 is 0. The SMILES string of the molecule is C/C=C(/c1c(C)cccc1C)N(C)N. The molecule has 0 saturated heterocycles. The second kappa shape index (κ2) is 4.29. The van der Waals surface area contributed by atoms with Gasteiger partial charge in [-0.2, -0.15) is 0 Å². The fourth-order valence-corrected chi connectivity index (χ4v) is 1.74. The summed E-state index contributed by atoms with van der Waals surface area (Å²) in [5.41, 5.74) is 4.83. The van der Waals surface area contributed by atoms with Crippen LogP contribution in [0.3, 0.4) is 0 Å². The lowest BCUT2D eigenvalue weighted by molar-refractivity contribution is 0.509. The van der Waals surface area contributed by atoms with E-state index in [-0.39, 0.29) is 0 Å². The Morgan fingerprint density at radius 3 is 2.14 bits per heavy atom. The molecule has 0 aliphatic carbocycles. The van der Waals surface area contributed by atoms with E-state index in [0.29, 0.717) is 0 Å². The van der Waals surface area contributed by atoms with Gasteiger partial charge in [0.2, 0.25) is 0 Å². The monoisotopic (exact) mass is 190 g/mol. The van der Waals surface area contributed by atoms with Gasteiger partial charge in [-0.25, -0.2) is 5.84 Å². The van der Waals surface area contributed by atoms with Crippen LogP contribution in [-0.4, -0.2) is 12.1 Å². The van der Waals surface area contributed by atoms with Crippen molar-refractivity contribution >= 4 is 5.70 Å². The molecular formula is C12H18N2. The molecule has 0 aliphatic rings. The van der Waals surface area contributed by atoms with E-state index in [1.165, 1.54) is 16.7 Å². The smallest absolute Gasteiger partial charge is 0.0548 e. The van der Waals surface area contributed by atoms with E-state index >= 15 is 0 Å². The second-order valence-electron chi connectivity index (χ2n) is 3.55. The second-order valence-corrected chi connectivity index (χ2v) is 3.55. The zero-order valence-corrected chi connectivity index (χ0v) is 9.33. The van der Waals surface area contributed by atoms with Gasteiger partial charge in [0.15, 0.2) is 0 Å². The molecule has 0 bridgehead atoms. The highest BCUT2D eigenvalue weighted by Gasteiger charge is 2.08. The molecule has 0 heterocycles. The third-order valence-corrected chi connectivity index (χ3v) is 2.39. The van der Waals surface area contributed by atoms with E-state index < -0.39 is 0 Å². The number of hydrogen-bond donors (Lipinski definition) is 1.